The minimum Gasteiger partial charge on any atom is -0.370 e. The normalized spacial score (nSPS) is 11.1. The molecule has 6 N–H and O–H groups in total. The van der Waals surface area contributed by atoms with E-state index in [1.165, 1.54) is 103 Å². The van der Waals surface area contributed by atoms with Gasteiger partial charge in [0, 0.05) is 0 Å². The van der Waals surface area contributed by atoms with Gasteiger partial charge in [-0.3, -0.25) is 5.41 Å². The van der Waals surface area contributed by atoms with Crippen molar-refractivity contribution in [3.8, 4) is 0 Å². The van der Waals surface area contributed by atoms with Gasteiger partial charge in [-0.2, -0.15) is 0 Å². The van der Waals surface area contributed by atoms with Crippen molar-refractivity contribution in [2.45, 2.75) is 130 Å². The second kappa shape index (κ2) is 26.7. The Hall–Kier alpha value is -0.480. The highest BCUT2D eigenvalue weighted by Crippen LogP contribution is 2.13. The maximum atomic E-state index is 6.61. The van der Waals surface area contributed by atoms with Gasteiger partial charge in [0.15, 0.2) is 5.96 Å². The SMILES string of the molecule is CC(N)NC(=N)N.CCCCCCCCCCCCCCCCCC.Cl. The predicted molar refractivity (Wildman–Crippen MR) is 121 cm³/mol. The minimum atomic E-state index is -0.225. The molecule has 0 amide bonds. The molecule has 1 unspecified atom stereocenters. The molecule has 0 aromatic rings. The smallest absolute Gasteiger partial charge is 0.186 e. The molecule has 5 heteroatoms. The molecule has 0 spiro atoms. The number of hydrogen-bond acceptors (Lipinski definition) is 2. The van der Waals surface area contributed by atoms with Gasteiger partial charge in [0.1, 0.15) is 0 Å². The lowest BCUT2D eigenvalue weighted by molar-refractivity contribution is 0.531. The summed E-state index contributed by atoms with van der Waals surface area (Å²) in [7, 11) is 0. The summed E-state index contributed by atoms with van der Waals surface area (Å²) in [5.74, 6) is -0.0880. The maximum Gasteiger partial charge on any atom is 0.186 e. The molecule has 1 atom stereocenters. The van der Waals surface area contributed by atoms with E-state index in [1.807, 2.05) is 0 Å². The van der Waals surface area contributed by atoms with Crippen LogP contribution in [0.1, 0.15) is 124 Å². The van der Waals surface area contributed by atoms with Crippen LogP contribution in [0.2, 0.25) is 0 Å². The molecule has 0 aromatic heterocycles. The second-order valence-corrected chi connectivity index (χ2v) is 7.30. The highest BCUT2D eigenvalue weighted by molar-refractivity contribution is 5.85. The van der Waals surface area contributed by atoms with Gasteiger partial charge in [0.25, 0.3) is 0 Å². The summed E-state index contributed by atoms with van der Waals surface area (Å²) in [5.41, 5.74) is 10.0. The molecule has 0 aliphatic heterocycles. The summed E-state index contributed by atoms with van der Waals surface area (Å²) < 4.78 is 0. The molecule has 0 fully saturated rings. The van der Waals surface area contributed by atoms with Crippen LogP contribution in [0.4, 0.5) is 0 Å². The molecule has 160 valence electrons. The highest BCUT2D eigenvalue weighted by atomic mass is 35.5. The zero-order chi connectivity index (χ0) is 19.2. The molecule has 0 aromatic carbocycles. The molecule has 26 heavy (non-hydrogen) atoms. The van der Waals surface area contributed by atoms with E-state index in [9.17, 15) is 0 Å². The summed E-state index contributed by atoms with van der Waals surface area (Å²) in [5, 5.41) is 9.06. The van der Waals surface area contributed by atoms with E-state index in [4.69, 9.17) is 16.9 Å². The monoisotopic (exact) mass is 392 g/mol. The van der Waals surface area contributed by atoms with Crippen LogP contribution in [0.25, 0.3) is 0 Å². The number of unbranched alkanes of at least 4 members (excludes halogenated alkanes) is 15. The van der Waals surface area contributed by atoms with Crippen LogP contribution in [-0.2, 0) is 0 Å². The number of rotatable bonds is 16. The molecule has 0 aliphatic rings. The average molecular weight is 393 g/mol. The maximum absolute atomic E-state index is 6.61. The van der Waals surface area contributed by atoms with Crippen LogP contribution in [0, 0.1) is 5.41 Å². The van der Waals surface area contributed by atoms with Crippen LogP contribution in [-0.4, -0.2) is 12.1 Å². The minimum absolute atomic E-state index is 0. The van der Waals surface area contributed by atoms with Gasteiger partial charge in [-0.1, -0.05) is 117 Å². The fourth-order valence-corrected chi connectivity index (χ4v) is 2.87. The number of nitrogens with one attached hydrogen (secondary N) is 2. The van der Waals surface area contributed by atoms with E-state index in [0.29, 0.717) is 0 Å². The molecule has 0 aliphatic carbocycles. The zero-order valence-electron chi connectivity index (χ0n) is 18.0. The third kappa shape index (κ3) is 34.8. The third-order valence-corrected chi connectivity index (χ3v) is 4.34. The van der Waals surface area contributed by atoms with E-state index in [-0.39, 0.29) is 24.5 Å². The Morgan fingerprint density at radius 1 is 0.692 bits per heavy atom. The number of halogens is 1. The van der Waals surface area contributed by atoms with Crippen molar-refractivity contribution in [3.05, 3.63) is 0 Å². The van der Waals surface area contributed by atoms with Gasteiger partial charge in [-0.05, 0) is 6.92 Å². The van der Waals surface area contributed by atoms with Crippen molar-refractivity contribution >= 4 is 18.4 Å². The zero-order valence-corrected chi connectivity index (χ0v) is 18.8. The first kappa shape index (κ1) is 30.3. The summed E-state index contributed by atoms with van der Waals surface area (Å²) in [6.07, 6.45) is 23.2. The molecule has 0 heterocycles. The largest absolute Gasteiger partial charge is 0.370 e. The van der Waals surface area contributed by atoms with Gasteiger partial charge in [0.05, 0.1) is 6.17 Å². The molecule has 0 radical (unpaired) electrons. The van der Waals surface area contributed by atoms with E-state index >= 15 is 0 Å². The molecule has 0 bridgehead atoms. The van der Waals surface area contributed by atoms with Gasteiger partial charge >= 0.3 is 0 Å². The first-order valence-electron chi connectivity index (χ1n) is 10.9. The lowest BCUT2D eigenvalue weighted by Gasteiger charge is -2.04. The Balaban J connectivity index is -0.000000561. The quantitative estimate of drug-likeness (QED) is 0.105. The summed E-state index contributed by atoms with van der Waals surface area (Å²) >= 11 is 0. The van der Waals surface area contributed by atoms with E-state index in [0.717, 1.165) is 0 Å². The molecular formula is C21H49ClN4. The fraction of sp³-hybridized carbons (Fsp3) is 0.952. The Bertz CT molecular complexity index is 244. The number of nitrogens with two attached hydrogens (primary N) is 2. The van der Waals surface area contributed by atoms with Crippen molar-refractivity contribution in [1.82, 2.24) is 5.32 Å². The molecule has 0 saturated carbocycles. The molecule has 4 nitrogen and oxygen atoms in total. The number of guanidine groups is 1. The third-order valence-electron chi connectivity index (χ3n) is 4.34. The van der Waals surface area contributed by atoms with E-state index in [2.05, 4.69) is 19.2 Å². The summed E-state index contributed by atoms with van der Waals surface area (Å²) in [6, 6.07) is 0. The van der Waals surface area contributed by atoms with Crippen LogP contribution in [0.5, 0.6) is 0 Å². The molecule has 0 rings (SSSR count). The van der Waals surface area contributed by atoms with Crippen LogP contribution >= 0.6 is 12.4 Å². The van der Waals surface area contributed by atoms with Crippen molar-refractivity contribution in [2.75, 3.05) is 0 Å². The lowest BCUT2D eigenvalue weighted by atomic mass is 10.0. The first-order valence-corrected chi connectivity index (χ1v) is 10.9. The van der Waals surface area contributed by atoms with Crippen LogP contribution < -0.4 is 16.8 Å². The van der Waals surface area contributed by atoms with Crippen molar-refractivity contribution in [3.63, 3.8) is 0 Å². The predicted octanol–water partition coefficient (Wildman–Crippen LogP) is 6.46. The van der Waals surface area contributed by atoms with Crippen molar-refractivity contribution in [1.29, 1.82) is 5.41 Å². The fourth-order valence-electron chi connectivity index (χ4n) is 2.87. The highest BCUT2D eigenvalue weighted by Gasteiger charge is 1.93. The number of hydrogen-bond donors (Lipinski definition) is 4. The van der Waals surface area contributed by atoms with Gasteiger partial charge in [0.2, 0.25) is 0 Å². The summed E-state index contributed by atoms with van der Waals surface area (Å²) in [6.45, 7) is 6.30. The average Bonchev–Trinajstić information content (AvgIpc) is 2.54. The Morgan fingerprint density at radius 3 is 1.04 bits per heavy atom. The standard InChI is InChI=1S/C18H38.C3H10N4.ClH/c1-3-5-7-9-11-13-15-17-18-16-14-12-10-8-6-4-2;1-2(4)7-3(5)6;/h3-18H2,1-2H3;2H,4H2,1H3,(H4,5,6,7);1H. The van der Waals surface area contributed by atoms with Crippen LogP contribution in [0.3, 0.4) is 0 Å². The van der Waals surface area contributed by atoms with Gasteiger partial charge < -0.3 is 16.8 Å². The van der Waals surface area contributed by atoms with Gasteiger partial charge in [-0.15, -0.1) is 12.4 Å². The topological polar surface area (TPSA) is 87.9 Å². The second-order valence-electron chi connectivity index (χ2n) is 7.30. The van der Waals surface area contributed by atoms with Gasteiger partial charge in [-0.25, -0.2) is 0 Å². The van der Waals surface area contributed by atoms with Crippen LogP contribution in [0.15, 0.2) is 0 Å². The Morgan fingerprint density at radius 2 is 0.923 bits per heavy atom. The molecular weight excluding hydrogens is 344 g/mol. The van der Waals surface area contributed by atoms with Crippen molar-refractivity contribution < 1.29 is 0 Å². The Kier molecular flexibility index (Phi) is 31.1. The van der Waals surface area contributed by atoms with E-state index < -0.39 is 0 Å². The van der Waals surface area contributed by atoms with Crippen molar-refractivity contribution in [2.24, 2.45) is 11.5 Å². The molecule has 0 saturated heterocycles. The van der Waals surface area contributed by atoms with E-state index in [1.54, 1.807) is 6.92 Å². The summed E-state index contributed by atoms with van der Waals surface area (Å²) in [4.78, 5) is 0. The lowest BCUT2D eigenvalue weighted by Crippen LogP contribution is -2.42. The first-order chi connectivity index (χ1) is 12.0. The Labute approximate surface area is 170 Å².